The third kappa shape index (κ3) is 1.82. The van der Waals surface area contributed by atoms with Crippen LogP contribution in [0.4, 0.5) is 0 Å². The molecule has 0 bridgehead atoms. The van der Waals surface area contributed by atoms with E-state index in [9.17, 15) is 14.4 Å². The number of carbonyl (C=O) groups is 3. The van der Waals surface area contributed by atoms with Crippen molar-refractivity contribution in [2.24, 2.45) is 0 Å². The highest BCUT2D eigenvalue weighted by molar-refractivity contribution is 6.05. The summed E-state index contributed by atoms with van der Waals surface area (Å²) >= 11 is 0. The van der Waals surface area contributed by atoms with Crippen LogP contribution in [0, 0.1) is 0 Å². The minimum Gasteiger partial charge on any atom is -0.480 e. The molecule has 1 aromatic rings. The van der Waals surface area contributed by atoms with Crippen LogP contribution in [0.2, 0.25) is 0 Å². The molecule has 1 fully saturated rings. The minimum absolute atomic E-state index is 0.169. The zero-order valence-corrected chi connectivity index (χ0v) is 8.48. The predicted octanol–water partition coefficient (Wildman–Crippen LogP) is -0.556. The monoisotopic (exact) mass is 236 g/mol. The molecule has 2 N–H and O–H groups in total. The molecule has 7 heteroatoms. The number of carbonyl (C=O) groups excluding carboxylic acids is 1. The number of aromatic nitrogens is 1. The fourth-order valence-electron chi connectivity index (χ4n) is 1.63. The molecule has 2 atom stereocenters. The van der Waals surface area contributed by atoms with Crippen molar-refractivity contribution in [1.82, 2.24) is 9.88 Å². The van der Waals surface area contributed by atoms with Crippen LogP contribution in [-0.2, 0) is 9.59 Å². The van der Waals surface area contributed by atoms with Gasteiger partial charge in [0.15, 0.2) is 12.1 Å². The zero-order valence-electron chi connectivity index (χ0n) is 8.48. The fraction of sp³-hybridized carbons (Fsp3) is 0.200. The topological polar surface area (TPSA) is 108 Å². The highest BCUT2D eigenvalue weighted by atomic mass is 16.4. The predicted molar refractivity (Wildman–Crippen MR) is 53.3 cm³/mol. The van der Waals surface area contributed by atoms with Gasteiger partial charge < -0.3 is 15.1 Å². The van der Waals surface area contributed by atoms with E-state index >= 15 is 0 Å². The average molecular weight is 236 g/mol. The lowest BCUT2D eigenvalue weighted by molar-refractivity contribution is -0.140. The first-order valence-corrected chi connectivity index (χ1v) is 4.72. The van der Waals surface area contributed by atoms with Crippen molar-refractivity contribution in [1.29, 1.82) is 0 Å². The molecule has 2 rings (SSSR count). The highest BCUT2D eigenvalue weighted by Gasteiger charge is 2.60. The van der Waals surface area contributed by atoms with Crippen molar-refractivity contribution >= 4 is 17.8 Å². The van der Waals surface area contributed by atoms with Crippen LogP contribution in [0.1, 0.15) is 10.4 Å². The van der Waals surface area contributed by atoms with E-state index in [0.29, 0.717) is 0 Å². The second kappa shape index (κ2) is 3.85. The first-order chi connectivity index (χ1) is 8.04. The molecule has 1 aliphatic heterocycles. The summed E-state index contributed by atoms with van der Waals surface area (Å²) in [6.45, 7) is 0. The van der Waals surface area contributed by atoms with Gasteiger partial charge in [-0.15, -0.1) is 0 Å². The summed E-state index contributed by atoms with van der Waals surface area (Å²) < 4.78 is 0. The molecule has 1 amide bonds. The van der Waals surface area contributed by atoms with Gasteiger partial charge in [-0.2, -0.15) is 0 Å². The van der Waals surface area contributed by atoms with Crippen LogP contribution in [0.5, 0.6) is 0 Å². The van der Waals surface area contributed by atoms with Gasteiger partial charge in [-0.3, -0.25) is 9.78 Å². The van der Waals surface area contributed by atoms with Crippen LogP contribution < -0.4 is 0 Å². The van der Waals surface area contributed by atoms with E-state index < -0.39 is 29.9 Å². The molecular formula is C10H8N2O5. The van der Waals surface area contributed by atoms with Gasteiger partial charge in [0.05, 0.1) is 5.56 Å². The van der Waals surface area contributed by atoms with Gasteiger partial charge in [0, 0.05) is 12.4 Å². The molecule has 0 radical (unpaired) electrons. The van der Waals surface area contributed by atoms with E-state index in [2.05, 4.69) is 4.98 Å². The van der Waals surface area contributed by atoms with Gasteiger partial charge in [-0.1, -0.05) is 0 Å². The lowest BCUT2D eigenvalue weighted by atomic mass is 10.3. The van der Waals surface area contributed by atoms with E-state index in [1.165, 1.54) is 24.5 Å². The van der Waals surface area contributed by atoms with Gasteiger partial charge in [0.2, 0.25) is 0 Å². The molecule has 2 heterocycles. The summed E-state index contributed by atoms with van der Waals surface area (Å²) in [6, 6.07) is 0.383. The van der Waals surface area contributed by atoms with Crippen molar-refractivity contribution in [3.8, 4) is 0 Å². The summed E-state index contributed by atoms with van der Waals surface area (Å²) in [5.41, 5.74) is 0.169. The average Bonchev–Trinajstić information content (AvgIpc) is 3.04. The first kappa shape index (κ1) is 11.1. The van der Waals surface area contributed by atoms with E-state index in [1.54, 1.807) is 0 Å². The number of hydrogen-bond donors (Lipinski definition) is 2. The van der Waals surface area contributed by atoms with E-state index in [4.69, 9.17) is 10.2 Å². The lowest BCUT2D eigenvalue weighted by Gasteiger charge is -2.01. The molecule has 17 heavy (non-hydrogen) atoms. The number of pyridine rings is 1. The number of carboxylic acids is 2. The molecule has 2 unspecified atom stereocenters. The number of amides is 1. The third-order valence-corrected chi connectivity index (χ3v) is 2.46. The number of carboxylic acid groups (broad SMARTS) is 2. The Morgan fingerprint density at radius 3 is 2.18 bits per heavy atom. The Bertz CT molecular complexity index is 467. The number of hydrogen-bond acceptors (Lipinski definition) is 4. The number of nitrogens with zero attached hydrogens (tertiary/aromatic N) is 2. The molecule has 0 aliphatic carbocycles. The van der Waals surface area contributed by atoms with Crippen LogP contribution >= 0.6 is 0 Å². The van der Waals surface area contributed by atoms with Crippen molar-refractivity contribution in [3.05, 3.63) is 30.1 Å². The summed E-state index contributed by atoms with van der Waals surface area (Å²) in [5.74, 6) is -3.29. The Kier molecular flexibility index (Phi) is 2.51. The van der Waals surface area contributed by atoms with Crippen LogP contribution in [-0.4, -0.2) is 50.0 Å². The quantitative estimate of drug-likeness (QED) is 0.681. The molecule has 0 spiro atoms. The van der Waals surface area contributed by atoms with E-state index in [1.807, 2.05) is 0 Å². The summed E-state index contributed by atoms with van der Waals surface area (Å²) in [7, 11) is 0. The molecule has 0 saturated carbocycles. The van der Waals surface area contributed by atoms with Crippen LogP contribution in [0.3, 0.4) is 0 Å². The fourth-order valence-corrected chi connectivity index (χ4v) is 1.63. The second-order valence-corrected chi connectivity index (χ2v) is 3.52. The molecular weight excluding hydrogens is 228 g/mol. The first-order valence-electron chi connectivity index (χ1n) is 4.72. The van der Waals surface area contributed by atoms with Crippen molar-refractivity contribution in [2.75, 3.05) is 0 Å². The lowest BCUT2D eigenvalue weighted by Crippen LogP contribution is -2.19. The second-order valence-electron chi connectivity index (χ2n) is 3.52. The van der Waals surface area contributed by atoms with E-state index in [-0.39, 0.29) is 5.56 Å². The van der Waals surface area contributed by atoms with Crippen molar-refractivity contribution < 1.29 is 24.6 Å². The number of aliphatic carboxylic acids is 2. The normalized spacial score (nSPS) is 22.0. The van der Waals surface area contributed by atoms with Gasteiger partial charge in [0.1, 0.15) is 0 Å². The molecule has 1 aliphatic rings. The van der Waals surface area contributed by atoms with Gasteiger partial charge in [-0.25, -0.2) is 9.59 Å². The minimum atomic E-state index is -1.32. The van der Waals surface area contributed by atoms with Gasteiger partial charge in [-0.05, 0) is 12.1 Å². The zero-order chi connectivity index (χ0) is 12.6. The van der Waals surface area contributed by atoms with Gasteiger partial charge in [0.25, 0.3) is 5.91 Å². The smallest absolute Gasteiger partial charge is 0.329 e. The molecule has 0 aromatic carbocycles. The Hall–Kier alpha value is -2.44. The maximum absolute atomic E-state index is 11.8. The van der Waals surface area contributed by atoms with E-state index in [0.717, 1.165) is 4.90 Å². The summed E-state index contributed by atoms with van der Waals surface area (Å²) in [5, 5.41) is 17.5. The highest BCUT2D eigenvalue weighted by Crippen LogP contribution is 2.30. The summed E-state index contributed by atoms with van der Waals surface area (Å²) in [6.07, 6.45) is 2.72. The molecule has 88 valence electrons. The molecule has 1 aromatic heterocycles. The Morgan fingerprint density at radius 1 is 1.18 bits per heavy atom. The van der Waals surface area contributed by atoms with Crippen LogP contribution in [0.15, 0.2) is 24.5 Å². The Labute approximate surface area is 95.3 Å². The SMILES string of the molecule is O=C(O)C1C(C(=O)O)N1C(=O)c1cccnc1. The summed E-state index contributed by atoms with van der Waals surface area (Å²) in [4.78, 5) is 37.8. The molecule has 7 nitrogen and oxygen atoms in total. The largest absolute Gasteiger partial charge is 0.480 e. The Morgan fingerprint density at radius 2 is 1.76 bits per heavy atom. The van der Waals surface area contributed by atoms with Crippen LogP contribution in [0.25, 0.3) is 0 Å². The van der Waals surface area contributed by atoms with Crippen molar-refractivity contribution in [2.45, 2.75) is 12.1 Å². The molecule has 1 saturated heterocycles. The Balaban J connectivity index is 2.22. The maximum atomic E-state index is 11.8. The third-order valence-electron chi connectivity index (χ3n) is 2.46. The maximum Gasteiger partial charge on any atom is 0.329 e. The standard InChI is InChI=1S/C10H8N2O5/c13-8(5-2-1-3-11-4-5)12-6(9(14)15)7(12)10(16)17/h1-4,6-7H,(H,14,15)(H,16,17). The number of rotatable bonds is 3. The van der Waals surface area contributed by atoms with Gasteiger partial charge >= 0.3 is 11.9 Å². The van der Waals surface area contributed by atoms with Crippen molar-refractivity contribution in [3.63, 3.8) is 0 Å².